The zero-order chi connectivity index (χ0) is 11.4. The first-order valence-electron chi connectivity index (χ1n) is 4.04. The molecule has 1 unspecified atom stereocenters. The maximum atomic E-state index is 10.5. The van der Waals surface area contributed by atoms with Crippen LogP contribution in [0.15, 0.2) is 22.7 Å². The highest BCUT2D eigenvalue weighted by Crippen LogP contribution is 2.26. The second kappa shape index (κ2) is 4.87. The van der Waals surface area contributed by atoms with E-state index in [2.05, 4.69) is 15.9 Å². The first-order valence-corrected chi connectivity index (χ1v) is 4.84. The highest BCUT2D eigenvalue weighted by atomic mass is 79.9. The fourth-order valence-corrected chi connectivity index (χ4v) is 1.60. The van der Waals surface area contributed by atoms with Gasteiger partial charge in [0.25, 0.3) is 5.69 Å². The molecule has 0 saturated heterocycles. The smallest absolute Gasteiger partial charge is 0.270 e. The maximum absolute atomic E-state index is 10.5. The van der Waals surface area contributed by atoms with E-state index in [0.29, 0.717) is 10.0 Å². The lowest BCUT2D eigenvalue weighted by molar-refractivity contribution is -0.385. The predicted octanol–water partition coefficient (Wildman–Crippen LogP) is 2.30. The third-order valence-electron chi connectivity index (χ3n) is 1.79. The number of nitriles is 1. The molecule has 0 saturated carbocycles. The standard InChI is InChI=1S/C9H7BrN2O3/c10-7-3-6(9(13)1-2-11)4-8(5-7)12(14)15/h3-5,9,13H,1H2. The highest BCUT2D eigenvalue weighted by Gasteiger charge is 2.13. The first kappa shape index (κ1) is 11.6. The van der Waals surface area contributed by atoms with Crippen LogP contribution in [0.5, 0.6) is 0 Å². The van der Waals surface area contributed by atoms with Crippen molar-refractivity contribution >= 4 is 21.6 Å². The Morgan fingerprint density at radius 3 is 2.80 bits per heavy atom. The summed E-state index contributed by atoms with van der Waals surface area (Å²) in [6.45, 7) is 0. The number of nitrogens with zero attached hydrogens (tertiary/aromatic N) is 2. The van der Waals surface area contributed by atoms with E-state index < -0.39 is 11.0 Å². The molecule has 0 aromatic heterocycles. The van der Waals surface area contributed by atoms with Gasteiger partial charge in [0.2, 0.25) is 0 Å². The van der Waals surface area contributed by atoms with Crippen molar-refractivity contribution in [3.8, 4) is 6.07 Å². The number of nitro groups is 1. The molecule has 78 valence electrons. The number of non-ortho nitro benzene ring substituents is 1. The van der Waals surface area contributed by atoms with Crippen LogP contribution in [0.25, 0.3) is 0 Å². The first-order chi connectivity index (χ1) is 7.04. The van der Waals surface area contributed by atoms with E-state index in [-0.39, 0.29) is 12.1 Å². The van der Waals surface area contributed by atoms with Gasteiger partial charge in [0, 0.05) is 16.6 Å². The van der Waals surface area contributed by atoms with Crippen LogP contribution in [-0.4, -0.2) is 10.0 Å². The monoisotopic (exact) mass is 270 g/mol. The molecule has 5 nitrogen and oxygen atoms in total. The molecule has 6 heteroatoms. The Bertz CT molecular complexity index is 428. The Morgan fingerprint density at radius 1 is 1.60 bits per heavy atom. The van der Waals surface area contributed by atoms with Gasteiger partial charge < -0.3 is 5.11 Å². The third-order valence-corrected chi connectivity index (χ3v) is 2.24. The average molecular weight is 271 g/mol. The summed E-state index contributed by atoms with van der Waals surface area (Å²) in [5, 5.41) is 28.4. The van der Waals surface area contributed by atoms with E-state index in [0.717, 1.165) is 0 Å². The van der Waals surface area contributed by atoms with Crippen molar-refractivity contribution < 1.29 is 10.0 Å². The van der Waals surface area contributed by atoms with Gasteiger partial charge in [-0.1, -0.05) is 15.9 Å². The van der Waals surface area contributed by atoms with Crippen molar-refractivity contribution in [3.63, 3.8) is 0 Å². The summed E-state index contributed by atoms with van der Waals surface area (Å²) in [6, 6.07) is 5.94. The molecule has 1 N–H and O–H groups in total. The zero-order valence-corrected chi connectivity index (χ0v) is 9.14. The molecule has 1 aromatic rings. The number of rotatable bonds is 3. The van der Waals surface area contributed by atoms with Crippen LogP contribution < -0.4 is 0 Å². The summed E-state index contributed by atoms with van der Waals surface area (Å²) in [5.74, 6) is 0. The third kappa shape index (κ3) is 3.01. The number of benzene rings is 1. The zero-order valence-electron chi connectivity index (χ0n) is 7.55. The molecule has 1 atom stereocenters. The van der Waals surface area contributed by atoms with Crippen molar-refractivity contribution in [3.05, 3.63) is 38.3 Å². The average Bonchev–Trinajstić information content (AvgIpc) is 2.17. The number of halogens is 1. The van der Waals surface area contributed by atoms with Crippen molar-refractivity contribution in [2.75, 3.05) is 0 Å². The number of hydrogen-bond donors (Lipinski definition) is 1. The predicted molar refractivity (Wildman–Crippen MR) is 56.0 cm³/mol. The molecular weight excluding hydrogens is 264 g/mol. The molecule has 0 spiro atoms. The van der Waals surface area contributed by atoms with Crippen molar-refractivity contribution in [2.45, 2.75) is 12.5 Å². The van der Waals surface area contributed by atoms with Crippen LogP contribution in [-0.2, 0) is 0 Å². The molecule has 1 aromatic carbocycles. The largest absolute Gasteiger partial charge is 0.387 e. The normalized spacial score (nSPS) is 11.8. The van der Waals surface area contributed by atoms with Crippen LogP contribution >= 0.6 is 15.9 Å². The minimum atomic E-state index is -0.994. The van der Waals surface area contributed by atoms with Crippen LogP contribution in [0, 0.1) is 21.4 Å². The Hall–Kier alpha value is -1.45. The summed E-state index contributed by atoms with van der Waals surface area (Å²) in [4.78, 5) is 9.98. The van der Waals surface area contributed by atoms with Gasteiger partial charge in [-0.15, -0.1) is 0 Å². The molecule has 1 rings (SSSR count). The second-order valence-corrected chi connectivity index (χ2v) is 3.79. The van der Waals surface area contributed by atoms with Gasteiger partial charge in [0.15, 0.2) is 0 Å². The van der Waals surface area contributed by atoms with Crippen molar-refractivity contribution in [2.24, 2.45) is 0 Å². The van der Waals surface area contributed by atoms with E-state index in [4.69, 9.17) is 5.26 Å². The number of aliphatic hydroxyl groups is 1. The molecule has 0 aliphatic rings. The van der Waals surface area contributed by atoms with E-state index >= 15 is 0 Å². The van der Waals surface area contributed by atoms with Gasteiger partial charge in [0.1, 0.15) is 0 Å². The molecule has 0 heterocycles. The fourth-order valence-electron chi connectivity index (χ4n) is 1.10. The number of nitro benzene ring substituents is 1. The van der Waals surface area contributed by atoms with Crippen molar-refractivity contribution in [1.29, 1.82) is 5.26 Å². The molecule has 0 radical (unpaired) electrons. The summed E-state index contributed by atoms with van der Waals surface area (Å²) in [6.07, 6.45) is -1.08. The van der Waals surface area contributed by atoms with E-state index in [1.807, 2.05) is 0 Å². The minimum Gasteiger partial charge on any atom is -0.387 e. The number of hydrogen-bond acceptors (Lipinski definition) is 4. The summed E-state index contributed by atoms with van der Waals surface area (Å²) in [7, 11) is 0. The van der Waals surface area contributed by atoms with Gasteiger partial charge in [0.05, 0.1) is 23.5 Å². The van der Waals surface area contributed by atoms with E-state index in [1.54, 1.807) is 12.1 Å². The molecule has 15 heavy (non-hydrogen) atoms. The van der Waals surface area contributed by atoms with Crippen LogP contribution in [0.4, 0.5) is 5.69 Å². The minimum absolute atomic E-state index is 0.0897. The van der Waals surface area contributed by atoms with Crippen LogP contribution in [0.2, 0.25) is 0 Å². The lowest BCUT2D eigenvalue weighted by Crippen LogP contribution is -1.98. The lowest BCUT2D eigenvalue weighted by Gasteiger charge is -2.06. The molecule has 0 bridgehead atoms. The van der Waals surface area contributed by atoms with Crippen molar-refractivity contribution in [1.82, 2.24) is 0 Å². The topological polar surface area (TPSA) is 87.2 Å². The van der Waals surface area contributed by atoms with Crippen LogP contribution in [0.3, 0.4) is 0 Å². The quantitative estimate of drug-likeness (QED) is 0.674. The second-order valence-electron chi connectivity index (χ2n) is 2.88. The van der Waals surface area contributed by atoms with E-state index in [1.165, 1.54) is 12.1 Å². The summed E-state index contributed by atoms with van der Waals surface area (Å²) < 4.78 is 0.503. The van der Waals surface area contributed by atoms with Gasteiger partial charge in [-0.05, 0) is 11.6 Å². The Labute approximate surface area is 94.2 Å². The van der Waals surface area contributed by atoms with Gasteiger partial charge >= 0.3 is 0 Å². The van der Waals surface area contributed by atoms with E-state index in [9.17, 15) is 15.2 Å². The molecule has 0 amide bonds. The Morgan fingerprint density at radius 2 is 2.27 bits per heavy atom. The van der Waals surface area contributed by atoms with Gasteiger partial charge in [-0.2, -0.15) is 5.26 Å². The molecule has 0 fully saturated rings. The van der Waals surface area contributed by atoms with Gasteiger partial charge in [-0.3, -0.25) is 10.1 Å². The Kier molecular flexibility index (Phi) is 3.77. The maximum Gasteiger partial charge on any atom is 0.270 e. The molecule has 0 aliphatic heterocycles. The summed E-state index contributed by atoms with van der Waals surface area (Å²) in [5.41, 5.74) is 0.244. The fraction of sp³-hybridized carbons (Fsp3) is 0.222. The number of aliphatic hydroxyl groups excluding tert-OH is 1. The summed E-state index contributed by atoms with van der Waals surface area (Å²) >= 11 is 3.10. The van der Waals surface area contributed by atoms with Gasteiger partial charge in [-0.25, -0.2) is 0 Å². The lowest BCUT2D eigenvalue weighted by atomic mass is 10.1. The SMILES string of the molecule is N#CCC(O)c1cc(Br)cc([N+](=O)[O-])c1. The Balaban J connectivity index is 3.09. The molecular formula is C9H7BrN2O3. The van der Waals surface area contributed by atoms with Crippen LogP contribution in [0.1, 0.15) is 18.1 Å². The highest BCUT2D eigenvalue weighted by molar-refractivity contribution is 9.10. The molecule has 0 aliphatic carbocycles.